The van der Waals surface area contributed by atoms with Crippen molar-refractivity contribution in [1.29, 1.82) is 0 Å². The van der Waals surface area contributed by atoms with Crippen molar-refractivity contribution in [2.24, 2.45) is 5.92 Å². The van der Waals surface area contributed by atoms with Gasteiger partial charge in [0.15, 0.2) is 5.69 Å². The van der Waals surface area contributed by atoms with Gasteiger partial charge in [0.05, 0.1) is 6.61 Å². The third kappa shape index (κ3) is 2.56. The Balaban J connectivity index is 1.81. The Morgan fingerprint density at radius 2 is 2.60 bits per heavy atom. The summed E-state index contributed by atoms with van der Waals surface area (Å²) >= 11 is 0. The van der Waals surface area contributed by atoms with Crippen LogP contribution in [-0.4, -0.2) is 30.8 Å². The minimum Gasteiger partial charge on any atom is -0.381 e. The molecule has 1 aliphatic rings. The molecule has 0 aromatic carbocycles. The molecule has 1 amide bonds. The van der Waals surface area contributed by atoms with Gasteiger partial charge >= 0.3 is 0 Å². The molecule has 1 aromatic heterocycles. The van der Waals surface area contributed by atoms with Crippen molar-refractivity contribution < 1.29 is 14.1 Å². The number of nitrogens with one attached hydrogen (secondary N) is 1. The molecule has 15 heavy (non-hydrogen) atoms. The molecule has 1 N–H and O–H groups in total. The van der Waals surface area contributed by atoms with Crippen molar-refractivity contribution in [2.75, 3.05) is 19.8 Å². The Morgan fingerprint density at radius 3 is 3.20 bits per heavy atom. The molecule has 2 heterocycles. The lowest BCUT2D eigenvalue weighted by atomic mass is 10.1. The Bertz CT molecular complexity index is 342. The summed E-state index contributed by atoms with van der Waals surface area (Å²) < 4.78 is 10.0. The van der Waals surface area contributed by atoms with Crippen molar-refractivity contribution in [3.63, 3.8) is 0 Å². The fourth-order valence-corrected chi connectivity index (χ4v) is 1.55. The minimum atomic E-state index is -0.182. The number of ether oxygens (including phenoxy) is 1. The highest BCUT2D eigenvalue weighted by atomic mass is 16.5. The lowest BCUT2D eigenvalue weighted by Crippen LogP contribution is -2.29. The zero-order valence-corrected chi connectivity index (χ0v) is 8.66. The Morgan fingerprint density at radius 1 is 1.73 bits per heavy atom. The van der Waals surface area contributed by atoms with E-state index in [4.69, 9.17) is 9.26 Å². The summed E-state index contributed by atoms with van der Waals surface area (Å²) in [4.78, 5) is 11.5. The number of carbonyl (C=O) groups is 1. The third-order valence-corrected chi connectivity index (χ3v) is 2.44. The van der Waals surface area contributed by atoms with Crippen molar-refractivity contribution >= 4 is 5.91 Å². The van der Waals surface area contributed by atoms with E-state index in [9.17, 15) is 4.79 Å². The number of nitrogens with zero attached hydrogens (tertiary/aromatic N) is 1. The lowest BCUT2D eigenvalue weighted by Gasteiger charge is -2.07. The van der Waals surface area contributed by atoms with Crippen molar-refractivity contribution in [3.05, 3.63) is 17.5 Å². The molecule has 1 aliphatic heterocycles. The summed E-state index contributed by atoms with van der Waals surface area (Å²) in [5, 5.41) is 6.46. The second-order valence-corrected chi connectivity index (χ2v) is 3.76. The van der Waals surface area contributed by atoms with Crippen LogP contribution in [0.4, 0.5) is 0 Å². The number of amides is 1. The van der Waals surface area contributed by atoms with Crippen LogP contribution in [0.5, 0.6) is 0 Å². The van der Waals surface area contributed by atoms with Gasteiger partial charge in [-0.2, -0.15) is 0 Å². The van der Waals surface area contributed by atoms with E-state index in [-0.39, 0.29) is 5.91 Å². The molecule has 0 bridgehead atoms. The highest BCUT2D eigenvalue weighted by molar-refractivity contribution is 5.92. The first-order valence-corrected chi connectivity index (χ1v) is 5.05. The molecule has 5 heteroatoms. The summed E-state index contributed by atoms with van der Waals surface area (Å²) in [6.07, 6.45) is 1.01. The van der Waals surface area contributed by atoms with Gasteiger partial charge < -0.3 is 14.6 Å². The fraction of sp³-hybridized carbons (Fsp3) is 0.600. The minimum absolute atomic E-state index is 0.182. The van der Waals surface area contributed by atoms with E-state index in [1.165, 1.54) is 0 Å². The molecule has 1 saturated heterocycles. The molecule has 0 saturated carbocycles. The molecule has 1 atom stereocenters. The molecule has 1 fully saturated rings. The smallest absolute Gasteiger partial charge is 0.273 e. The number of aromatic nitrogens is 1. The topological polar surface area (TPSA) is 64.4 Å². The van der Waals surface area contributed by atoms with Crippen LogP contribution in [0.3, 0.4) is 0 Å². The molecule has 1 unspecified atom stereocenters. The summed E-state index contributed by atoms with van der Waals surface area (Å²) in [7, 11) is 0. The van der Waals surface area contributed by atoms with E-state index in [1.54, 1.807) is 13.0 Å². The largest absolute Gasteiger partial charge is 0.381 e. The third-order valence-electron chi connectivity index (χ3n) is 2.44. The van der Waals surface area contributed by atoms with Gasteiger partial charge in [0.25, 0.3) is 5.91 Å². The summed E-state index contributed by atoms with van der Waals surface area (Å²) in [5.74, 6) is 0.894. The van der Waals surface area contributed by atoms with Crippen molar-refractivity contribution in [3.8, 4) is 0 Å². The van der Waals surface area contributed by atoms with Crippen molar-refractivity contribution in [2.45, 2.75) is 13.3 Å². The van der Waals surface area contributed by atoms with E-state index in [1.807, 2.05) is 0 Å². The number of aryl methyl sites for hydroxylation is 1. The zero-order valence-electron chi connectivity index (χ0n) is 8.66. The van der Waals surface area contributed by atoms with Gasteiger partial charge in [0.1, 0.15) is 5.76 Å². The van der Waals surface area contributed by atoms with Crippen LogP contribution >= 0.6 is 0 Å². The highest BCUT2D eigenvalue weighted by Crippen LogP contribution is 2.11. The van der Waals surface area contributed by atoms with Crippen LogP contribution in [0.1, 0.15) is 22.7 Å². The van der Waals surface area contributed by atoms with Crippen molar-refractivity contribution in [1.82, 2.24) is 10.5 Å². The average Bonchev–Trinajstić information content (AvgIpc) is 2.84. The summed E-state index contributed by atoms with van der Waals surface area (Å²) in [6.45, 7) is 3.93. The maximum absolute atomic E-state index is 11.5. The SMILES string of the molecule is Cc1cc(C(=O)NCC2CCOC2)no1. The van der Waals surface area contributed by atoms with E-state index in [0.29, 0.717) is 23.9 Å². The number of carbonyl (C=O) groups excluding carboxylic acids is 1. The van der Waals surface area contributed by atoms with E-state index < -0.39 is 0 Å². The van der Waals surface area contributed by atoms with Crippen LogP contribution in [0.25, 0.3) is 0 Å². The average molecular weight is 210 g/mol. The second-order valence-electron chi connectivity index (χ2n) is 3.76. The van der Waals surface area contributed by atoms with Gasteiger partial charge in [0, 0.05) is 25.1 Å². The summed E-state index contributed by atoms with van der Waals surface area (Å²) in [6, 6.07) is 1.63. The second kappa shape index (κ2) is 4.44. The molecule has 0 radical (unpaired) electrons. The van der Waals surface area contributed by atoms with Crippen LogP contribution in [0.15, 0.2) is 10.6 Å². The molecular formula is C10H14N2O3. The molecule has 2 rings (SSSR count). The van der Waals surface area contributed by atoms with E-state index >= 15 is 0 Å². The van der Waals surface area contributed by atoms with Gasteiger partial charge in [-0.15, -0.1) is 0 Å². The number of hydrogen-bond donors (Lipinski definition) is 1. The Kier molecular flexibility index (Phi) is 3.01. The Hall–Kier alpha value is -1.36. The number of rotatable bonds is 3. The maximum atomic E-state index is 11.5. The van der Waals surface area contributed by atoms with Crippen LogP contribution < -0.4 is 5.32 Å². The standard InChI is InChI=1S/C10H14N2O3/c1-7-4-9(12-15-7)10(13)11-5-8-2-3-14-6-8/h4,8H,2-3,5-6H2,1H3,(H,11,13). The fourth-order valence-electron chi connectivity index (χ4n) is 1.55. The predicted molar refractivity (Wildman–Crippen MR) is 52.5 cm³/mol. The van der Waals surface area contributed by atoms with Gasteiger partial charge in [-0.3, -0.25) is 4.79 Å². The highest BCUT2D eigenvalue weighted by Gasteiger charge is 2.17. The predicted octanol–water partition coefficient (Wildman–Crippen LogP) is 0.749. The van der Waals surface area contributed by atoms with E-state index in [2.05, 4.69) is 10.5 Å². The zero-order chi connectivity index (χ0) is 10.7. The molecule has 82 valence electrons. The Labute approximate surface area is 87.8 Å². The molecule has 1 aromatic rings. The summed E-state index contributed by atoms with van der Waals surface area (Å²) in [5.41, 5.74) is 0.339. The number of hydrogen-bond acceptors (Lipinski definition) is 4. The van der Waals surface area contributed by atoms with Crippen LogP contribution in [0, 0.1) is 12.8 Å². The normalized spacial score (nSPS) is 20.5. The van der Waals surface area contributed by atoms with Gasteiger partial charge in [-0.25, -0.2) is 0 Å². The monoisotopic (exact) mass is 210 g/mol. The first-order valence-electron chi connectivity index (χ1n) is 5.05. The molecule has 5 nitrogen and oxygen atoms in total. The maximum Gasteiger partial charge on any atom is 0.273 e. The van der Waals surface area contributed by atoms with Crippen LogP contribution in [-0.2, 0) is 4.74 Å². The quantitative estimate of drug-likeness (QED) is 0.799. The van der Waals surface area contributed by atoms with Gasteiger partial charge in [-0.1, -0.05) is 5.16 Å². The van der Waals surface area contributed by atoms with Gasteiger partial charge in [0.2, 0.25) is 0 Å². The van der Waals surface area contributed by atoms with Crippen LogP contribution in [0.2, 0.25) is 0 Å². The molecule has 0 spiro atoms. The first kappa shape index (κ1) is 10.2. The lowest BCUT2D eigenvalue weighted by molar-refractivity contribution is 0.0936. The molecular weight excluding hydrogens is 196 g/mol. The first-order chi connectivity index (χ1) is 7.25. The van der Waals surface area contributed by atoms with Gasteiger partial charge in [-0.05, 0) is 13.3 Å². The molecule has 0 aliphatic carbocycles. The van der Waals surface area contributed by atoms with E-state index in [0.717, 1.165) is 19.6 Å².